The molecular formula is C25H25NO4. The molecule has 1 N–H and O–H groups in total. The molecule has 0 amide bonds. The Balaban J connectivity index is 1.90. The van der Waals surface area contributed by atoms with Gasteiger partial charge in [-0.2, -0.15) is 0 Å². The number of esters is 1. The highest BCUT2D eigenvalue weighted by molar-refractivity contribution is 6.16. The highest BCUT2D eigenvalue weighted by Gasteiger charge is 2.22. The van der Waals surface area contributed by atoms with E-state index in [-0.39, 0.29) is 22.4 Å². The lowest BCUT2D eigenvalue weighted by Crippen LogP contribution is -2.21. The van der Waals surface area contributed by atoms with E-state index in [9.17, 15) is 14.7 Å². The third-order valence-corrected chi connectivity index (χ3v) is 4.98. The summed E-state index contributed by atoms with van der Waals surface area (Å²) >= 11 is 0. The maximum atomic E-state index is 13.1. The number of phenols is 1. The Labute approximate surface area is 176 Å². The van der Waals surface area contributed by atoms with Gasteiger partial charge in [0.1, 0.15) is 11.5 Å². The van der Waals surface area contributed by atoms with Gasteiger partial charge in [-0.1, -0.05) is 35.9 Å². The summed E-state index contributed by atoms with van der Waals surface area (Å²) in [5, 5.41) is 10.5. The van der Waals surface area contributed by atoms with Crippen LogP contribution in [0.4, 0.5) is 5.69 Å². The fourth-order valence-corrected chi connectivity index (χ4v) is 3.27. The summed E-state index contributed by atoms with van der Waals surface area (Å²) in [4.78, 5) is 27.9. The molecule has 0 atom stereocenters. The van der Waals surface area contributed by atoms with Crippen LogP contribution in [0.15, 0.2) is 66.7 Å². The van der Waals surface area contributed by atoms with Crippen molar-refractivity contribution < 1.29 is 19.4 Å². The molecule has 0 spiro atoms. The summed E-state index contributed by atoms with van der Waals surface area (Å²) < 4.78 is 5.43. The molecule has 3 aromatic carbocycles. The first kappa shape index (κ1) is 21.1. The minimum Gasteiger partial charge on any atom is -0.507 e. The monoisotopic (exact) mass is 403 g/mol. The zero-order valence-corrected chi connectivity index (χ0v) is 17.4. The SMILES string of the molecule is CCN(CC)c1ccc(C(=O)c2ccccc2C(=O)Oc2ccc(C)cc2)c(O)c1. The van der Waals surface area contributed by atoms with E-state index in [4.69, 9.17) is 4.74 Å². The fraction of sp³-hybridized carbons (Fsp3) is 0.200. The van der Waals surface area contributed by atoms with Crippen LogP contribution in [0.1, 0.15) is 45.7 Å². The van der Waals surface area contributed by atoms with Gasteiger partial charge in [-0.05, 0) is 51.1 Å². The smallest absolute Gasteiger partial charge is 0.344 e. The third kappa shape index (κ3) is 4.51. The highest BCUT2D eigenvalue weighted by Crippen LogP contribution is 2.28. The first-order valence-electron chi connectivity index (χ1n) is 9.95. The van der Waals surface area contributed by atoms with Crippen molar-refractivity contribution in [1.29, 1.82) is 0 Å². The lowest BCUT2D eigenvalue weighted by Gasteiger charge is -2.21. The maximum Gasteiger partial charge on any atom is 0.344 e. The number of carbonyl (C=O) groups excluding carboxylic acids is 2. The largest absolute Gasteiger partial charge is 0.507 e. The number of aromatic hydroxyl groups is 1. The number of carbonyl (C=O) groups is 2. The molecule has 0 saturated heterocycles. The number of phenolic OH excluding ortho intramolecular Hbond substituents is 1. The summed E-state index contributed by atoms with van der Waals surface area (Å²) in [6.45, 7) is 7.57. The number of ether oxygens (including phenoxy) is 1. The standard InChI is InChI=1S/C25H25NO4/c1-4-26(5-2)18-12-15-22(23(27)16-18)24(28)20-8-6-7-9-21(20)25(29)30-19-13-10-17(3)11-14-19/h6-16,27H,4-5H2,1-3H3. The minimum absolute atomic E-state index is 0.119. The topological polar surface area (TPSA) is 66.8 Å². The lowest BCUT2D eigenvalue weighted by molar-refractivity contribution is 0.0730. The summed E-state index contributed by atoms with van der Waals surface area (Å²) in [5.74, 6) is -0.775. The Kier molecular flexibility index (Phi) is 6.52. The van der Waals surface area contributed by atoms with Crippen molar-refractivity contribution in [1.82, 2.24) is 0 Å². The molecule has 0 saturated carbocycles. The zero-order valence-electron chi connectivity index (χ0n) is 17.4. The van der Waals surface area contributed by atoms with Gasteiger partial charge in [0.25, 0.3) is 0 Å². The van der Waals surface area contributed by atoms with Gasteiger partial charge in [0.05, 0.1) is 11.1 Å². The maximum absolute atomic E-state index is 13.1. The molecule has 0 aliphatic heterocycles. The van der Waals surface area contributed by atoms with Crippen molar-refractivity contribution in [3.8, 4) is 11.5 Å². The molecule has 5 heteroatoms. The molecule has 0 radical (unpaired) electrons. The van der Waals surface area contributed by atoms with Gasteiger partial charge in [0, 0.05) is 30.4 Å². The number of hydrogen-bond acceptors (Lipinski definition) is 5. The third-order valence-electron chi connectivity index (χ3n) is 4.98. The van der Waals surface area contributed by atoms with Crippen molar-refractivity contribution in [2.75, 3.05) is 18.0 Å². The van der Waals surface area contributed by atoms with Crippen LogP contribution < -0.4 is 9.64 Å². The highest BCUT2D eigenvalue weighted by atomic mass is 16.5. The molecule has 0 aliphatic rings. The van der Waals surface area contributed by atoms with Crippen LogP contribution in [0.2, 0.25) is 0 Å². The second-order valence-corrected chi connectivity index (χ2v) is 6.95. The molecule has 0 aromatic heterocycles. The van der Waals surface area contributed by atoms with Crippen LogP contribution in [0.5, 0.6) is 11.5 Å². The summed E-state index contributed by atoms with van der Waals surface area (Å²) in [5.41, 5.74) is 2.35. The first-order valence-corrected chi connectivity index (χ1v) is 9.95. The number of nitrogens with zero attached hydrogens (tertiary/aromatic N) is 1. The quantitative estimate of drug-likeness (QED) is 0.342. The van der Waals surface area contributed by atoms with Crippen LogP contribution in [-0.4, -0.2) is 29.9 Å². The predicted octanol–water partition coefficient (Wildman–Crippen LogP) is 5.00. The van der Waals surface area contributed by atoms with Gasteiger partial charge < -0.3 is 14.7 Å². The number of aryl methyl sites for hydroxylation is 1. The van der Waals surface area contributed by atoms with Gasteiger partial charge in [0.15, 0.2) is 5.78 Å². The Bertz CT molecular complexity index is 1050. The Hall–Kier alpha value is -3.60. The van der Waals surface area contributed by atoms with Crippen molar-refractivity contribution >= 4 is 17.4 Å². The van der Waals surface area contributed by atoms with Crippen molar-refractivity contribution in [2.45, 2.75) is 20.8 Å². The number of rotatable bonds is 7. The van der Waals surface area contributed by atoms with Crippen molar-refractivity contribution in [3.63, 3.8) is 0 Å². The van der Waals surface area contributed by atoms with E-state index in [2.05, 4.69) is 4.90 Å². The molecule has 0 aliphatic carbocycles. The molecule has 3 aromatic rings. The molecule has 3 rings (SSSR count). The Morgan fingerprint density at radius 3 is 2.10 bits per heavy atom. The van der Waals surface area contributed by atoms with Gasteiger partial charge in [-0.25, -0.2) is 4.79 Å². The van der Waals surface area contributed by atoms with Crippen LogP contribution in [0.3, 0.4) is 0 Å². The second kappa shape index (κ2) is 9.27. The molecule has 0 heterocycles. The van der Waals surface area contributed by atoms with Crippen LogP contribution in [0, 0.1) is 6.92 Å². The van der Waals surface area contributed by atoms with Crippen LogP contribution in [-0.2, 0) is 0 Å². The average Bonchev–Trinajstić information content (AvgIpc) is 2.76. The van der Waals surface area contributed by atoms with Crippen molar-refractivity contribution in [3.05, 3.63) is 89.0 Å². The van der Waals surface area contributed by atoms with Crippen molar-refractivity contribution in [2.24, 2.45) is 0 Å². The lowest BCUT2D eigenvalue weighted by atomic mass is 9.97. The fourth-order valence-electron chi connectivity index (χ4n) is 3.27. The number of ketones is 1. The van der Waals surface area contributed by atoms with E-state index in [1.165, 1.54) is 0 Å². The summed E-state index contributed by atoms with van der Waals surface area (Å²) in [6, 6.07) is 18.5. The molecule has 0 bridgehead atoms. The van der Waals surface area contributed by atoms with Gasteiger partial charge in [-0.3, -0.25) is 4.79 Å². The molecular weight excluding hydrogens is 378 g/mol. The molecule has 30 heavy (non-hydrogen) atoms. The second-order valence-electron chi connectivity index (χ2n) is 6.95. The summed E-state index contributed by atoms with van der Waals surface area (Å²) in [7, 11) is 0. The molecule has 0 fully saturated rings. The molecule has 5 nitrogen and oxygen atoms in total. The van der Waals surface area contributed by atoms with E-state index >= 15 is 0 Å². The number of hydrogen-bond donors (Lipinski definition) is 1. The normalized spacial score (nSPS) is 10.5. The average molecular weight is 403 g/mol. The van der Waals surface area contributed by atoms with E-state index in [0.29, 0.717) is 5.75 Å². The number of benzene rings is 3. The first-order chi connectivity index (χ1) is 14.4. The van der Waals surface area contributed by atoms with E-state index in [1.807, 2.05) is 32.9 Å². The van der Waals surface area contributed by atoms with Gasteiger partial charge in [-0.15, -0.1) is 0 Å². The van der Waals surface area contributed by atoms with E-state index in [1.54, 1.807) is 54.6 Å². The summed E-state index contributed by atoms with van der Waals surface area (Å²) in [6.07, 6.45) is 0. The van der Waals surface area contributed by atoms with E-state index < -0.39 is 11.8 Å². The number of anilines is 1. The van der Waals surface area contributed by atoms with Crippen LogP contribution >= 0.6 is 0 Å². The molecule has 154 valence electrons. The van der Waals surface area contributed by atoms with Gasteiger partial charge >= 0.3 is 5.97 Å². The van der Waals surface area contributed by atoms with Crippen LogP contribution in [0.25, 0.3) is 0 Å². The zero-order chi connectivity index (χ0) is 21.7. The van der Waals surface area contributed by atoms with Gasteiger partial charge in [0.2, 0.25) is 0 Å². The predicted molar refractivity (Wildman–Crippen MR) is 118 cm³/mol. The Morgan fingerprint density at radius 2 is 1.50 bits per heavy atom. The van der Waals surface area contributed by atoms with E-state index in [0.717, 1.165) is 24.3 Å². The minimum atomic E-state index is -0.623. The Morgan fingerprint density at radius 1 is 0.867 bits per heavy atom. The molecule has 0 unspecified atom stereocenters.